The molecule has 2 aromatic carbocycles. The van der Waals surface area contributed by atoms with E-state index in [4.69, 9.17) is 9.26 Å². The van der Waals surface area contributed by atoms with E-state index in [-0.39, 0.29) is 18.0 Å². The summed E-state index contributed by atoms with van der Waals surface area (Å²) < 4.78 is 12.0. The average molecular weight is 488 g/mol. The van der Waals surface area contributed by atoms with Gasteiger partial charge in [-0.05, 0) is 30.2 Å². The van der Waals surface area contributed by atoms with Crippen LogP contribution in [0.15, 0.2) is 70.2 Å². The Morgan fingerprint density at radius 1 is 1.17 bits per heavy atom. The molecule has 3 aromatic heterocycles. The normalized spacial score (nSPS) is 11.0. The summed E-state index contributed by atoms with van der Waals surface area (Å²) in [5, 5.41) is 7.33. The molecule has 0 saturated carbocycles. The van der Waals surface area contributed by atoms with Gasteiger partial charge in [0.2, 0.25) is 11.7 Å². The summed E-state index contributed by atoms with van der Waals surface area (Å²) in [7, 11) is 1.59. The van der Waals surface area contributed by atoms with E-state index in [9.17, 15) is 9.59 Å². The number of carbonyl (C=O) groups is 1. The summed E-state index contributed by atoms with van der Waals surface area (Å²) in [6.45, 7) is 1.99. The summed E-state index contributed by atoms with van der Waals surface area (Å²) in [5.74, 6) is 1.21. The van der Waals surface area contributed by atoms with Crippen molar-refractivity contribution in [3.63, 3.8) is 0 Å². The Morgan fingerprint density at radius 3 is 2.80 bits per heavy atom. The van der Waals surface area contributed by atoms with Gasteiger partial charge in [0.25, 0.3) is 11.4 Å². The summed E-state index contributed by atoms with van der Waals surface area (Å²) >= 11 is 1.31. The minimum atomic E-state index is -0.298. The highest BCUT2D eigenvalue weighted by atomic mass is 32.1. The van der Waals surface area contributed by atoms with Crippen LogP contribution in [0.4, 0.5) is 0 Å². The van der Waals surface area contributed by atoms with Gasteiger partial charge in [-0.1, -0.05) is 47.6 Å². The highest BCUT2D eigenvalue weighted by molar-refractivity contribution is 7.22. The zero-order chi connectivity index (χ0) is 24.4. The lowest BCUT2D eigenvalue weighted by molar-refractivity contribution is -0.121. The number of methoxy groups -OCH3 is 1. The molecular formula is C25H21N5O4S. The van der Waals surface area contributed by atoms with Crippen LogP contribution in [0.2, 0.25) is 0 Å². The fraction of sp³-hybridized carbons (Fsp3) is 0.160. The summed E-state index contributed by atoms with van der Waals surface area (Å²) in [6, 6.07) is 16.9. The van der Waals surface area contributed by atoms with Gasteiger partial charge in [0.05, 0.1) is 23.7 Å². The molecule has 0 aliphatic rings. The first-order chi connectivity index (χ1) is 17.0. The summed E-state index contributed by atoms with van der Waals surface area (Å²) in [4.78, 5) is 35.8. The van der Waals surface area contributed by atoms with Crippen LogP contribution in [0.3, 0.4) is 0 Å². The number of thiophene rings is 1. The Balaban J connectivity index is 1.36. The first-order valence-electron chi connectivity index (χ1n) is 10.8. The number of amides is 1. The van der Waals surface area contributed by atoms with Crippen molar-refractivity contribution in [3.05, 3.63) is 82.4 Å². The molecule has 3 heterocycles. The third-order valence-corrected chi connectivity index (χ3v) is 6.70. The van der Waals surface area contributed by atoms with Crippen molar-refractivity contribution in [3.8, 4) is 27.9 Å². The van der Waals surface area contributed by atoms with E-state index in [0.29, 0.717) is 44.7 Å². The van der Waals surface area contributed by atoms with Gasteiger partial charge >= 0.3 is 0 Å². The number of rotatable bonds is 7. The maximum absolute atomic E-state index is 13.2. The number of hydrogen-bond donors (Lipinski definition) is 1. The highest BCUT2D eigenvalue weighted by Crippen LogP contribution is 2.35. The van der Waals surface area contributed by atoms with Gasteiger partial charge in [0, 0.05) is 12.1 Å². The second-order valence-corrected chi connectivity index (χ2v) is 8.83. The minimum absolute atomic E-state index is 0.144. The van der Waals surface area contributed by atoms with Gasteiger partial charge in [-0.3, -0.25) is 14.2 Å². The van der Waals surface area contributed by atoms with Crippen LogP contribution in [0.1, 0.15) is 11.1 Å². The molecule has 0 aliphatic heterocycles. The molecule has 0 fully saturated rings. The van der Waals surface area contributed by atoms with Crippen LogP contribution in [0.25, 0.3) is 32.4 Å². The first kappa shape index (κ1) is 22.5. The van der Waals surface area contributed by atoms with Crippen molar-refractivity contribution in [2.75, 3.05) is 7.11 Å². The molecule has 1 N–H and O–H groups in total. The van der Waals surface area contributed by atoms with Gasteiger partial charge in [0.1, 0.15) is 17.1 Å². The zero-order valence-electron chi connectivity index (χ0n) is 19.0. The van der Waals surface area contributed by atoms with E-state index < -0.39 is 0 Å². The lowest BCUT2D eigenvalue weighted by Gasteiger charge is -2.08. The Labute approximate surface area is 204 Å². The Hall–Kier alpha value is -4.31. The largest absolute Gasteiger partial charge is 0.497 e. The molecule has 0 unspecified atom stereocenters. The zero-order valence-corrected chi connectivity index (χ0v) is 19.8. The second kappa shape index (κ2) is 9.51. The van der Waals surface area contributed by atoms with Gasteiger partial charge in [-0.15, -0.1) is 11.3 Å². The smallest absolute Gasteiger partial charge is 0.268 e. The summed E-state index contributed by atoms with van der Waals surface area (Å²) in [5.41, 5.74) is 2.12. The van der Waals surface area contributed by atoms with Crippen LogP contribution >= 0.6 is 11.3 Å². The van der Waals surface area contributed by atoms with Crippen molar-refractivity contribution >= 4 is 27.5 Å². The number of nitrogens with one attached hydrogen (secondary N) is 1. The SMILES string of the molecule is COc1cccc(CNC(=O)Cn2cnc3sc(-c4nc(-c5ccccc5)no4)c(C)c3c2=O)c1. The molecule has 1 amide bonds. The number of nitrogens with zero attached hydrogens (tertiary/aromatic N) is 4. The molecule has 0 saturated heterocycles. The third kappa shape index (κ3) is 4.56. The lowest BCUT2D eigenvalue weighted by Crippen LogP contribution is -2.32. The molecule has 0 atom stereocenters. The highest BCUT2D eigenvalue weighted by Gasteiger charge is 2.21. The van der Waals surface area contributed by atoms with Crippen LogP contribution in [0.5, 0.6) is 5.75 Å². The Kier molecular flexibility index (Phi) is 6.11. The quantitative estimate of drug-likeness (QED) is 0.371. The second-order valence-electron chi connectivity index (χ2n) is 7.83. The molecule has 0 radical (unpaired) electrons. The minimum Gasteiger partial charge on any atom is -0.497 e. The van der Waals surface area contributed by atoms with Crippen LogP contribution in [0, 0.1) is 6.92 Å². The van der Waals surface area contributed by atoms with Crippen LogP contribution in [-0.4, -0.2) is 32.7 Å². The fourth-order valence-electron chi connectivity index (χ4n) is 3.69. The molecule has 5 rings (SSSR count). The number of aromatic nitrogens is 4. The topological polar surface area (TPSA) is 112 Å². The number of ether oxygens (including phenoxy) is 1. The molecule has 10 heteroatoms. The standard InChI is InChI=1S/C25H21N5O4S/c1-15-20-24(35-21(15)23-28-22(29-34-23)17-8-4-3-5-9-17)27-14-30(25(20)32)13-19(31)26-12-16-7-6-10-18(11-16)33-2/h3-11,14H,12-13H2,1-2H3,(H,26,31). The number of benzene rings is 2. The number of hydrogen-bond acceptors (Lipinski definition) is 8. The van der Waals surface area contributed by atoms with Crippen molar-refractivity contribution in [1.82, 2.24) is 25.0 Å². The number of carbonyl (C=O) groups excluding carboxylic acids is 1. The van der Waals surface area contributed by atoms with Crippen molar-refractivity contribution < 1.29 is 14.1 Å². The summed E-state index contributed by atoms with van der Waals surface area (Å²) in [6.07, 6.45) is 1.39. The predicted octanol–water partition coefficient (Wildman–Crippen LogP) is 3.81. The van der Waals surface area contributed by atoms with E-state index in [0.717, 1.165) is 11.1 Å². The van der Waals surface area contributed by atoms with E-state index in [1.54, 1.807) is 7.11 Å². The maximum Gasteiger partial charge on any atom is 0.268 e. The van der Waals surface area contributed by atoms with Crippen molar-refractivity contribution in [2.45, 2.75) is 20.0 Å². The number of aryl methyl sites for hydroxylation is 1. The average Bonchev–Trinajstić information content (AvgIpc) is 3.50. The maximum atomic E-state index is 13.2. The fourth-order valence-corrected chi connectivity index (χ4v) is 4.75. The van der Waals surface area contributed by atoms with Crippen molar-refractivity contribution in [1.29, 1.82) is 0 Å². The molecule has 35 heavy (non-hydrogen) atoms. The van der Waals surface area contributed by atoms with Crippen LogP contribution in [-0.2, 0) is 17.9 Å². The molecule has 0 bridgehead atoms. The molecule has 0 spiro atoms. The molecular weight excluding hydrogens is 466 g/mol. The Morgan fingerprint density at radius 2 is 2.00 bits per heavy atom. The first-order valence-corrected chi connectivity index (χ1v) is 11.6. The molecule has 5 aromatic rings. The van der Waals surface area contributed by atoms with Crippen molar-refractivity contribution in [2.24, 2.45) is 0 Å². The molecule has 0 aliphatic carbocycles. The van der Waals surface area contributed by atoms with Crippen LogP contribution < -0.4 is 15.6 Å². The van der Waals surface area contributed by atoms with Gasteiger partial charge in [-0.2, -0.15) is 4.98 Å². The molecule has 176 valence electrons. The number of fused-ring (bicyclic) bond motifs is 1. The van der Waals surface area contributed by atoms with E-state index in [1.807, 2.05) is 61.5 Å². The van der Waals surface area contributed by atoms with Gasteiger partial charge < -0.3 is 14.6 Å². The monoisotopic (exact) mass is 487 g/mol. The van der Waals surface area contributed by atoms with E-state index in [2.05, 4.69) is 20.4 Å². The van der Waals surface area contributed by atoms with Gasteiger partial charge in [-0.25, -0.2) is 4.98 Å². The lowest BCUT2D eigenvalue weighted by atomic mass is 10.2. The predicted molar refractivity (Wildman–Crippen MR) is 132 cm³/mol. The van der Waals surface area contributed by atoms with E-state index in [1.165, 1.54) is 22.2 Å². The molecule has 9 nitrogen and oxygen atoms in total. The third-order valence-electron chi connectivity index (χ3n) is 5.51. The van der Waals surface area contributed by atoms with Gasteiger partial charge in [0.15, 0.2) is 0 Å². The van der Waals surface area contributed by atoms with E-state index >= 15 is 0 Å². The Bertz CT molecular complexity index is 1570.